The summed E-state index contributed by atoms with van der Waals surface area (Å²) in [5, 5.41) is 3.99. The molecule has 2 aromatic rings. The molecule has 0 radical (unpaired) electrons. The summed E-state index contributed by atoms with van der Waals surface area (Å²) in [7, 11) is 0. The van der Waals surface area contributed by atoms with E-state index in [1.165, 1.54) is 6.33 Å². The van der Waals surface area contributed by atoms with Gasteiger partial charge in [0.1, 0.15) is 25.0 Å². The average molecular weight is 242 g/mol. The standard InChI is InChI=1S/C13H14N4O/c14-7-1-2-12-3-5-13(6-4-12)18-9-8-17-11-15-10-16-17/h3-6,10-11H,7-9,14H2. The lowest BCUT2D eigenvalue weighted by atomic mass is 10.2. The van der Waals surface area contributed by atoms with E-state index in [1.54, 1.807) is 11.0 Å². The van der Waals surface area contributed by atoms with E-state index in [1.807, 2.05) is 24.3 Å². The maximum absolute atomic E-state index is 5.58. The number of rotatable bonds is 4. The van der Waals surface area contributed by atoms with E-state index in [-0.39, 0.29) is 0 Å². The second-order valence-corrected chi connectivity index (χ2v) is 3.54. The summed E-state index contributed by atoms with van der Waals surface area (Å²) in [5.41, 5.74) is 6.24. The van der Waals surface area contributed by atoms with Gasteiger partial charge >= 0.3 is 0 Å². The molecular weight excluding hydrogens is 228 g/mol. The molecule has 1 aromatic carbocycles. The normalized spacial score (nSPS) is 9.61. The fourth-order valence-electron chi connectivity index (χ4n) is 1.39. The molecule has 2 N–H and O–H groups in total. The molecule has 1 heterocycles. The maximum Gasteiger partial charge on any atom is 0.137 e. The van der Waals surface area contributed by atoms with Crippen molar-refractivity contribution in [3.8, 4) is 17.6 Å². The van der Waals surface area contributed by atoms with Gasteiger partial charge in [0.2, 0.25) is 0 Å². The van der Waals surface area contributed by atoms with Crippen LogP contribution in [0.1, 0.15) is 5.56 Å². The zero-order valence-electron chi connectivity index (χ0n) is 9.91. The Morgan fingerprint density at radius 3 is 2.78 bits per heavy atom. The first-order valence-electron chi connectivity index (χ1n) is 5.62. The molecule has 92 valence electrons. The van der Waals surface area contributed by atoms with Crippen molar-refractivity contribution in [1.29, 1.82) is 0 Å². The van der Waals surface area contributed by atoms with E-state index < -0.39 is 0 Å². The molecule has 0 atom stereocenters. The predicted octanol–water partition coefficient (Wildman–Crippen LogP) is 0.667. The lowest BCUT2D eigenvalue weighted by molar-refractivity contribution is 0.291. The van der Waals surface area contributed by atoms with Gasteiger partial charge in [0.25, 0.3) is 0 Å². The first-order chi connectivity index (χ1) is 8.88. The molecule has 0 aliphatic heterocycles. The Kier molecular flexibility index (Phi) is 4.33. The minimum Gasteiger partial charge on any atom is -0.492 e. The molecule has 0 saturated carbocycles. The third-order valence-electron chi connectivity index (χ3n) is 2.24. The Labute approximate surface area is 106 Å². The fraction of sp³-hybridized carbons (Fsp3) is 0.231. The van der Waals surface area contributed by atoms with Crippen LogP contribution in [0.15, 0.2) is 36.9 Å². The van der Waals surface area contributed by atoms with Crippen LogP contribution in [0, 0.1) is 11.8 Å². The molecule has 0 fully saturated rings. The lowest BCUT2D eigenvalue weighted by Crippen LogP contribution is -2.08. The van der Waals surface area contributed by atoms with E-state index in [0.29, 0.717) is 19.7 Å². The second-order valence-electron chi connectivity index (χ2n) is 3.54. The number of hydrogen-bond donors (Lipinski definition) is 1. The fourth-order valence-corrected chi connectivity index (χ4v) is 1.39. The smallest absolute Gasteiger partial charge is 0.137 e. The van der Waals surface area contributed by atoms with E-state index >= 15 is 0 Å². The monoisotopic (exact) mass is 242 g/mol. The van der Waals surface area contributed by atoms with Crippen LogP contribution in [0.4, 0.5) is 0 Å². The molecule has 0 aliphatic rings. The zero-order valence-corrected chi connectivity index (χ0v) is 9.91. The highest BCUT2D eigenvalue weighted by molar-refractivity contribution is 5.38. The summed E-state index contributed by atoms with van der Waals surface area (Å²) < 4.78 is 7.30. The van der Waals surface area contributed by atoms with Gasteiger partial charge in [0, 0.05) is 5.56 Å². The van der Waals surface area contributed by atoms with Gasteiger partial charge in [-0.15, -0.1) is 0 Å². The van der Waals surface area contributed by atoms with Gasteiger partial charge in [-0.05, 0) is 24.3 Å². The van der Waals surface area contributed by atoms with Crippen LogP contribution in [0.3, 0.4) is 0 Å². The third kappa shape index (κ3) is 3.61. The summed E-state index contributed by atoms with van der Waals surface area (Å²) in [6, 6.07) is 7.60. The van der Waals surface area contributed by atoms with Gasteiger partial charge in [0.15, 0.2) is 0 Å². The Morgan fingerprint density at radius 1 is 1.28 bits per heavy atom. The van der Waals surface area contributed by atoms with Crippen molar-refractivity contribution >= 4 is 0 Å². The van der Waals surface area contributed by atoms with Crippen molar-refractivity contribution in [3.05, 3.63) is 42.5 Å². The average Bonchev–Trinajstić information content (AvgIpc) is 2.91. The zero-order chi connectivity index (χ0) is 12.6. The summed E-state index contributed by atoms with van der Waals surface area (Å²) in [5.74, 6) is 6.57. The third-order valence-corrected chi connectivity index (χ3v) is 2.24. The van der Waals surface area contributed by atoms with Crippen LogP contribution in [-0.2, 0) is 6.54 Å². The molecule has 5 nitrogen and oxygen atoms in total. The van der Waals surface area contributed by atoms with Crippen LogP contribution >= 0.6 is 0 Å². The minimum absolute atomic E-state index is 0.371. The highest BCUT2D eigenvalue weighted by Crippen LogP contribution is 2.11. The van der Waals surface area contributed by atoms with Crippen LogP contribution < -0.4 is 10.5 Å². The molecule has 18 heavy (non-hydrogen) atoms. The maximum atomic E-state index is 5.58. The Balaban J connectivity index is 1.83. The first kappa shape index (κ1) is 12.1. The van der Waals surface area contributed by atoms with Crippen LogP contribution in [0.2, 0.25) is 0 Å². The quantitative estimate of drug-likeness (QED) is 0.800. The molecule has 0 saturated heterocycles. The molecule has 5 heteroatoms. The number of nitrogens with two attached hydrogens (primary N) is 1. The van der Waals surface area contributed by atoms with Crippen molar-refractivity contribution in [2.75, 3.05) is 13.2 Å². The van der Waals surface area contributed by atoms with Crippen molar-refractivity contribution in [3.63, 3.8) is 0 Å². The molecule has 0 unspecified atom stereocenters. The topological polar surface area (TPSA) is 66.0 Å². The van der Waals surface area contributed by atoms with Crippen molar-refractivity contribution in [2.24, 2.45) is 5.73 Å². The van der Waals surface area contributed by atoms with Gasteiger partial charge in [-0.25, -0.2) is 9.67 Å². The van der Waals surface area contributed by atoms with Crippen LogP contribution in [0.5, 0.6) is 5.75 Å². The summed E-state index contributed by atoms with van der Waals surface area (Å²) in [4.78, 5) is 3.86. The predicted molar refractivity (Wildman–Crippen MR) is 67.9 cm³/mol. The Morgan fingerprint density at radius 2 is 2.11 bits per heavy atom. The molecular formula is C13H14N4O. The van der Waals surface area contributed by atoms with Crippen LogP contribution in [-0.4, -0.2) is 27.9 Å². The molecule has 2 rings (SSSR count). The van der Waals surface area contributed by atoms with Crippen molar-refractivity contribution in [2.45, 2.75) is 6.54 Å². The van der Waals surface area contributed by atoms with Crippen molar-refractivity contribution < 1.29 is 4.74 Å². The summed E-state index contributed by atoms with van der Waals surface area (Å²) in [6.07, 6.45) is 3.17. The Bertz CT molecular complexity index is 522. The molecule has 0 bridgehead atoms. The minimum atomic E-state index is 0.371. The SMILES string of the molecule is NCC#Cc1ccc(OCCn2cncn2)cc1. The highest BCUT2D eigenvalue weighted by atomic mass is 16.5. The van der Waals surface area contributed by atoms with Gasteiger partial charge in [-0.2, -0.15) is 5.10 Å². The lowest BCUT2D eigenvalue weighted by Gasteiger charge is -2.05. The first-order valence-corrected chi connectivity index (χ1v) is 5.62. The summed E-state index contributed by atoms with van der Waals surface area (Å²) >= 11 is 0. The number of ether oxygens (including phenoxy) is 1. The molecule has 1 aromatic heterocycles. The number of hydrogen-bond acceptors (Lipinski definition) is 4. The highest BCUT2D eigenvalue weighted by Gasteiger charge is 1.95. The van der Waals surface area contributed by atoms with Gasteiger partial charge < -0.3 is 10.5 Å². The summed E-state index contributed by atoms with van der Waals surface area (Å²) in [6.45, 7) is 1.60. The molecule has 0 aliphatic carbocycles. The van der Waals surface area contributed by atoms with Crippen molar-refractivity contribution in [1.82, 2.24) is 14.8 Å². The Hall–Kier alpha value is -2.32. The number of nitrogens with zero attached hydrogens (tertiary/aromatic N) is 3. The van der Waals surface area contributed by atoms with E-state index in [0.717, 1.165) is 11.3 Å². The molecule has 0 amide bonds. The largest absolute Gasteiger partial charge is 0.492 e. The van der Waals surface area contributed by atoms with Gasteiger partial charge in [-0.1, -0.05) is 11.8 Å². The van der Waals surface area contributed by atoms with E-state index in [9.17, 15) is 0 Å². The van der Waals surface area contributed by atoms with E-state index in [4.69, 9.17) is 10.5 Å². The number of benzene rings is 1. The van der Waals surface area contributed by atoms with Gasteiger partial charge in [0.05, 0.1) is 13.1 Å². The van der Waals surface area contributed by atoms with Gasteiger partial charge in [-0.3, -0.25) is 0 Å². The number of aromatic nitrogens is 3. The van der Waals surface area contributed by atoms with E-state index in [2.05, 4.69) is 21.9 Å². The molecule has 0 spiro atoms. The second kappa shape index (κ2) is 6.42. The van der Waals surface area contributed by atoms with Crippen LogP contribution in [0.25, 0.3) is 0 Å².